The van der Waals surface area contributed by atoms with E-state index in [2.05, 4.69) is 5.32 Å². The number of hydrogen-bond acceptors (Lipinski definition) is 19. The monoisotopic (exact) mass is 744 g/mol. The van der Waals surface area contributed by atoms with E-state index < -0.39 is 141 Å². The molecular formula is C30H52N2O17S. The lowest BCUT2D eigenvalue weighted by molar-refractivity contribution is -0.375. The second-order valence-electron chi connectivity index (χ2n) is 12.8. The van der Waals surface area contributed by atoms with Crippen molar-refractivity contribution in [3.8, 4) is 6.07 Å². The number of carbonyl (C=O) groups is 1. The van der Waals surface area contributed by atoms with Gasteiger partial charge in [0.05, 0.1) is 68.2 Å². The summed E-state index contributed by atoms with van der Waals surface area (Å²) in [7, 11) is 0. The first-order valence-corrected chi connectivity index (χ1v) is 17.4. The van der Waals surface area contributed by atoms with Crippen LogP contribution in [0.5, 0.6) is 0 Å². The normalized spacial score (nSPS) is 41.8. The van der Waals surface area contributed by atoms with E-state index in [4.69, 9.17) is 28.4 Å². The highest BCUT2D eigenvalue weighted by Crippen LogP contribution is 2.39. The van der Waals surface area contributed by atoms with E-state index in [0.29, 0.717) is 0 Å². The molecule has 19 nitrogen and oxygen atoms in total. The molecule has 1 amide bonds. The van der Waals surface area contributed by atoms with E-state index >= 15 is 0 Å². The van der Waals surface area contributed by atoms with Crippen LogP contribution in [-0.2, 0) is 33.2 Å². The topological polar surface area (TPSA) is 311 Å². The lowest BCUT2D eigenvalue weighted by Gasteiger charge is -2.50. The second kappa shape index (κ2) is 19.7. The van der Waals surface area contributed by atoms with Crippen LogP contribution in [0.15, 0.2) is 0 Å². The molecule has 3 saturated heterocycles. The van der Waals surface area contributed by atoms with Crippen LogP contribution in [0.25, 0.3) is 0 Å². The zero-order valence-electron chi connectivity index (χ0n) is 28.2. The number of hydrogen-bond donors (Lipinski definition) is 11. The van der Waals surface area contributed by atoms with Crippen LogP contribution >= 0.6 is 11.8 Å². The molecule has 3 aliphatic rings. The number of aliphatic hydroxyl groups is 10. The van der Waals surface area contributed by atoms with Crippen LogP contribution in [-0.4, -0.2) is 192 Å². The predicted molar refractivity (Wildman–Crippen MR) is 168 cm³/mol. The summed E-state index contributed by atoms with van der Waals surface area (Å²) >= 11 is 0.999. The molecule has 3 fully saturated rings. The van der Waals surface area contributed by atoms with Gasteiger partial charge < -0.3 is 84.8 Å². The molecule has 0 aromatic heterocycles. The molecule has 3 aliphatic heterocycles. The third-order valence-electron chi connectivity index (χ3n) is 9.05. The Morgan fingerprint density at radius 3 is 2.10 bits per heavy atom. The molecule has 19 atom stereocenters. The zero-order valence-corrected chi connectivity index (χ0v) is 29.0. The molecule has 0 spiro atoms. The van der Waals surface area contributed by atoms with Crippen molar-refractivity contribution >= 4 is 17.7 Å². The van der Waals surface area contributed by atoms with Crippen molar-refractivity contribution in [3.63, 3.8) is 0 Å². The average Bonchev–Trinajstić information content (AvgIpc) is 3.08. The highest BCUT2D eigenvalue weighted by atomic mass is 32.2. The fourth-order valence-corrected chi connectivity index (χ4v) is 7.23. The summed E-state index contributed by atoms with van der Waals surface area (Å²) in [5, 5.41) is 115. The summed E-state index contributed by atoms with van der Waals surface area (Å²) in [6.45, 7) is 3.64. The number of rotatable bonds is 16. The second-order valence-corrected chi connectivity index (χ2v) is 13.9. The standard InChI is InChI=1S/C30H52N2O17S/c1-11(44-12(2)20(38)16(37)8-33)7-15-17(9-34)47-30(50-6-5-31)19(32-14(4)36)26(15)48-29-27(24(42)22(40)18(10-35)46-29)49-28-25(43)23(41)21(39)13(3)45-28/h11-13,15-30,33-35,37-43H,6-10H2,1-4H3,(H,32,36)/t11-,12?,13+,15?,16-,17+,18+,19?,20?,21?,22?,23?,24?,25?,26?,27?,28+,29+,30+/m1/s1. The molecule has 290 valence electrons. The molecule has 0 aromatic carbocycles. The van der Waals surface area contributed by atoms with Gasteiger partial charge in [-0.05, 0) is 27.2 Å². The smallest absolute Gasteiger partial charge is 0.217 e. The molecule has 0 radical (unpaired) electrons. The average molecular weight is 745 g/mol. The maximum atomic E-state index is 12.5. The van der Waals surface area contributed by atoms with Gasteiger partial charge in [0.15, 0.2) is 12.6 Å². The van der Waals surface area contributed by atoms with E-state index in [1.807, 2.05) is 6.07 Å². The predicted octanol–water partition coefficient (Wildman–Crippen LogP) is -4.98. The molecule has 11 unspecified atom stereocenters. The number of nitrogens with one attached hydrogen (secondary N) is 1. The molecule has 3 heterocycles. The van der Waals surface area contributed by atoms with Crippen LogP contribution in [0, 0.1) is 17.2 Å². The van der Waals surface area contributed by atoms with E-state index in [-0.39, 0.29) is 12.2 Å². The Balaban J connectivity index is 2.03. The summed E-state index contributed by atoms with van der Waals surface area (Å²) < 4.78 is 35.8. The molecule has 3 rings (SSSR count). The lowest BCUT2D eigenvalue weighted by Crippen LogP contribution is -2.67. The molecular weight excluding hydrogens is 692 g/mol. The van der Waals surface area contributed by atoms with Gasteiger partial charge in [-0.2, -0.15) is 5.26 Å². The van der Waals surface area contributed by atoms with Gasteiger partial charge >= 0.3 is 0 Å². The van der Waals surface area contributed by atoms with Crippen LogP contribution in [0.4, 0.5) is 0 Å². The maximum absolute atomic E-state index is 12.5. The molecule has 11 N–H and O–H groups in total. The Morgan fingerprint density at radius 1 is 0.880 bits per heavy atom. The van der Waals surface area contributed by atoms with Crippen molar-refractivity contribution < 1.29 is 84.3 Å². The van der Waals surface area contributed by atoms with Gasteiger partial charge in [-0.25, -0.2) is 0 Å². The fourth-order valence-electron chi connectivity index (χ4n) is 6.34. The summed E-state index contributed by atoms with van der Waals surface area (Å²) in [6.07, 6.45) is -23.0. The minimum Gasteiger partial charge on any atom is -0.394 e. The summed E-state index contributed by atoms with van der Waals surface area (Å²) in [5.41, 5.74) is -0.985. The Kier molecular flexibility index (Phi) is 16.9. The maximum Gasteiger partial charge on any atom is 0.217 e. The third-order valence-corrected chi connectivity index (χ3v) is 10.1. The van der Waals surface area contributed by atoms with Crippen LogP contribution in [0.2, 0.25) is 0 Å². The van der Waals surface area contributed by atoms with Crippen molar-refractivity contribution in [1.29, 1.82) is 5.26 Å². The molecule has 50 heavy (non-hydrogen) atoms. The summed E-state index contributed by atoms with van der Waals surface area (Å²) in [5.74, 6) is -1.51. The van der Waals surface area contributed by atoms with Crippen molar-refractivity contribution in [1.82, 2.24) is 5.32 Å². The van der Waals surface area contributed by atoms with Gasteiger partial charge in [0.1, 0.15) is 60.4 Å². The lowest BCUT2D eigenvalue weighted by atomic mass is 9.83. The highest BCUT2D eigenvalue weighted by Gasteiger charge is 2.54. The van der Waals surface area contributed by atoms with Gasteiger partial charge in [-0.3, -0.25) is 4.79 Å². The Bertz CT molecular complexity index is 1090. The molecule has 20 heteroatoms. The van der Waals surface area contributed by atoms with Gasteiger partial charge in [-0.15, -0.1) is 11.8 Å². The van der Waals surface area contributed by atoms with Crippen LogP contribution in [0.3, 0.4) is 0 Å². The van der Waals surface area contributed by atoms with Crippen LogP contribution < -0.4 is 5.32 Å². The number of ether oxygens (including phenoxy) is 6. The van der Waals surface area contributed by atoms with E-state index in [0.717, 1.165) is 11.8 Å². The van der Waals surface area contributed by atoms with Crippen molar-refractivity contribution in [2.45, 2.75) is 144 Å². The minimum atomic E-state index is -1.85. The number of amides is 1. The molecule has 0 bridgehead atoms. The Morgan fingerprint density at radius 2 is 1.52 bits per heavy atom. The van der Waals surface area contributed by atoms with E-state index in [1.54, 1.807) is 6.92 Å². The van der Waals surface area contributed by atoms with Crippen molar-refractivity contribution in [3.05, 3.63) is 0 Å². The number of carbonyl (C=O) groups excluding carboxylic acids is 1. The molecule has 0 aromatic rings. The van der Waals surface area contributed by atoms with Gasteiger partial charge in [0, 0.05) is 12.8 Å². The Hall–Kier alpha value is -1.33. The first kappa shape index (κ1) is 43.1. The fraction of sp³-hybridized carbons (Fsp3) is 0.933. The largest absolute Gasteiger partial charge is 0.394 e. The van der Waals surface area contributed by atoms with E-state index in [9.17, 15) is 61.1 Å². The van der Waals surface area contributed by atoms with Gasteiger partial charge in [0.2, 0.25) is 5.91 Å². The molecule has 0 aliphatic carbocycles. The first-order chi connectivity index (χ1) is 23.6. The first-order valence-electron chi connectivity index (χ1n) is 16.4. The van der Waals surface area contributed by atoms with Gasteiger partial charge in [0.25, 0.3) is 0 Å². The summed E-state index contributed by atoms with van der Waals surface area (Å²) in [4.78, 5) is 12.5. The number of aliphatic hydroxyl groups excluding tert-OH is 10. The number of nitriles is 1. The van der Waals surface area contributed by atoms with Crippen LogP contribution in [0.1, 0.15) is 34.1 Å². The van der Waals surface area contributed by atoms with Gasteiger partial charge in [-0.1, -0.05) is 0 Å². The van der Waals surface area contributed by atoms with Crippen molar-refractivity contribution in [2.24, 2.45) is 5.92 Å². The number of nitrogens with zero attached hydrogens (tertiary/aromatic N) is 1. The molecule has 0 saturated carbocycles. The highest BCUT2D eigenvalue weighted by molar-refractivity contribution is 8.00. The zero-order chi connectivity index (χ0) is 37.4. The van der Waals surface area contributed by atoms with Crippen molar-refractivity contribution in [2.75, 3.05) is 25.6 Å². The van der Waals surface area contributed by atoms with E-state index in [1.165, 1.54) is 20.8 Å². The summed E-state index contributed by atoms with van der Waals surface area (Å²) in [6, 6.07) is 0.904. The Labute approximate surface area is 293 Å². The third kappa shape index (κ3) is 10.4. The quantitative estimate of drug-likeness (QED) is 0.0705. The number of thioether (sulfide) groups is 1. The minimum absolute atomic E-state index is 0.00674. The SMILES string of the molecule is CC(=O)NC1C(O[C@@H]2O[C@@H](CO)C(O)C(O)C2O[C@@H]2O[C@@H](C)C(O)C(O)C2O)C(C[C@@H](C)OC(C)C(O)[C@H](O)CO)[C@H](CO)O[C@H]1SCC#N.